The van der Waals surface area contributed by atoms with Gasteiger partial charge in [0.1, 0.15) is 0 Å². The molecule has 1 aliphatic rings. The zero-order valence-corrected chi connectivity index (χ0v) is 12.9. The van der Waals surface area contributed by atoms with Gasteiger partial charge in [-0.25, -0.2) is 0 Å². The SMILES string of the molecule is O=C(CCCCBr)N1CCC(c2ccccc2)CC1. The van der Waals surface area contributed by atoms with Crippen molar-refractivity contribution in [3.8, 4) is 0 Å². The Balaban J connectivity index is 1.77. The topological polar surface area (TPSA) is 20.3 Å². The summed E-state index contributed by atoms with van der Waals surface area (Å²) < 4.78 is 0. The highest BCUT2D eigenvalue weighted by Crippen LogP contribution is 2.28. The minimum absolute atomic E-state index is 0.340. The molecule has 1 aromatic carbocycles. The first-order chi connectivity index (χ1) is 9.31. The van der Waals surface area contributed by atoms with Crippen LogP contribution in [-0.2, 0) is 4.79 Å². The molecular formula is C16H22BrNO. The fourth-order valence-corrected chi connectivity index (χ4v) is 3.11. The molecule has 0 saturated carbocycles. The highest BCUT2D eigenvalue weighted by atomic mass is 79.9. The first-order valence-corrected chi connectivity index (χ1v) is 8.32. The Kier molecular flexibility index (Phi) is 5.90. The molecule has 0 unspecified atom stereocenters. The fourth-order valence-electron chi connectivity index (χ4n) is 2.72. The lowest BCUT2D eigenvalue weighted by Crippen LogP contribution is -2.37. The van der Waals surface area contributed by atoms with E-state index in [1.54, 1.807) is 0 Å². The summed E-state index contributed by atoms with van der Waals surface area (Å²) in [4.78, 5) is 14.1. The van der Waals surface area contributed by atoms with Crippen molar-refractivity contribution in [2.24, 2.45) is 0 Å². The molecule has 104 valence electrons. The Hall–Kier alpha value is -0.830. The van der Waals surface area contributed by atoms with Gasteiger partial charge in [0.05, 0.1) is 0 Å². The third-order valence-corrected chi connectivity index (χ3v) is 4.45. The molecule has 1 heterocycles. The van der Waals surface area contributed by atoms with Crippen LogP contribution in [0, 0.1) is 0 Å². The van der Waals surface area contributed by atoms with Crippen LogP contribution < -0.4 is 0 Å². The van der Waals surface area contributed by atoms with Crippen LogP contribution in [0.2, 0.25) is 0 Å². The van der Waals surface area contributed by atoms with Crippen molar-refractivity contribution in [1.29, 1.82) is 0 Å². The second kappa shape index (κ2) is 7.68. The van der Waals surface area contributed by atoms with Crippen LogP contribution in [0.25, 0.3) is 0 Å². The number of hydrogen-bond acceptors (Lipinski definition) is 1. The van der Waals surface area contributed by atoms with E-state index in [1.807, 2.05) is 4.90 Å². The highest BCUT2D eigenvalue weighted by Gasteiger charge is 2.23. The lowest BCUT2D eigenvalue weighted by molar-refractivity contribution is -0.132. The number of halogens is 1. The van der Waals surface area contributed by atoms with E-state index in [9.17, 15) is 4.79 Å². The molecular weight excluding hydrogens is 302 g/mol. The van der Waals surface area contributed by atoms with Crippen molar-refractivity contribution in [2.75, 3.05) is 18.4 Å². The predicted octanol–water partition coefficient (Wildman–Crippen LogP) is 3.96. The molecule has 0 aromatic heterocycles. The molecule has 0 radical (unpaired) electrons. The highest BCUT2D eigenvalue weighted by molar-refractivity contribution is 9.09. The third kappa shape index (κ3) is 4.34. The number of rotatable bonds is 5. The second-order valence-corrected chi connectivity index (χ2v) is 6.00. The van der Waals surface area contributed by atoms with Crippen LogP contribution in [0.15, 0.2) is 30.3 Å². The standard InChI is InChI=1S/C16H22BrNO/c17-11-5-4-8-16(19)18-12-9-15(10-13-18)14-6-2-1-3-7-14/h1-3,6-7,15H,4-5,8-13H2. The van der Waals surface area contributed by atoms with E-state index in [0.29, 0.717) is 18.2 Å². The molecule has 0 bridgehead atoms. The molecule has 1 saturated heterocycles. The van der Waals surface area contributed by atoms with Gasteiger partial charge in [0.25, 0.3) is 0 Å². The quantitative estimate of drug-likeness (QED) is 0.593. The average molecular weight is 324 g/mol. The van der Waals surface area contributed by atoms with Crippen LogP contribution in [-0.4, -0.2) is 29.2 Å². The summed E-state index contributed by atoms with van der Waals surface area (Å²) in [5.74, 6) is 0.972. The zero-order chi connectivity index (χ0) is 13.5. The molecule has 0 atom stereocenters. The largest absolute Gasteiger partial charge is 0.343 e. The minimum atomic E-state index is 0.340. The lowest BCUT2D eigenvalue weighted by atomic mass is 9.89. The van der Waals surface area contributed by atoms with Gasteiger partial charge in [0.15, 0.2) is 0 Å². The minimum Gasteiger partial charge on any atom is -0.343 e. The molecule has 3 heteroatoms. The number of likely N-dealkylation sites (tertiary alicyclic amines) is 1. The van der Waals surface area contributed by atoms with Gasteiger partial charge in [-0.1, -0.05) is 46.3 Å². The third-order valence-electron chi connectivity index (χ3n) is 3.89. The van der Waals surface area contributed by atoms with Crippen molar-refractivity contribution < 1.29 is 4.79 Å². The molecule has 19 heavy (non-hydrogen) atoms. The molecule has 0 aliphatic carbocycles. The monoisotopic (exact) mass is 323 g/mol. The summed E-state index contributed by atoms with van der Waals surface area (Å²) in [7, 11) is 0. The van der Waals surface area contributed by atoms with Crippen LogP contribution in [0.5, 0.6) is 0 Å². The van der Waals surface area contributed by atoms with E-state index in [1.165, 1.54) is 5.56 Å². The van der Waals surface area contributed by atoms with E-state index in [0.717, 1.165) is 44.1 Å². The molecule has 1 amide bonds. The van der Waals surface area contributed by atoms with Gasteiger partial charge in [0.2, 0.25) is 5.91 Å². The van der Waals surface area contributed by atoms with Gasteiger partial charge in [-0.2, -0.15) is 0 Å². The van der Waals surface area contributed by atoms with E-state index in [4.69, 9.17) is 0 Å². The van der Waals surface area contributed by atoms with Gasteiger partial charge >= 0.3 is 0 Å². The molecule has 0 N–H and O–H groups in total. The smallest absolute Gasteiger partial charge is 0.222 e. The van der Waals surface area contributed by atoms with Gasteiger partial charge in [-0.05, 0) is 37.2 Å². The number of piperidine rings is 1. The Morgan fingerprint density at radius 1 is 1.16 bits per heavy atom. The number of nitrogens with zero attached hydrogens (tertiary/aromatic N) is 1. The van der Waals surface area contributed by atoms with E-state index in [2.05, 4.69) is 46.3 Å². The van der Waals surface area contributed by atoms with Crippen molar-refractivity contribution in [3.05, 3.63) is 35.9 Å². The van der Waals surface area contributed by atoms with Crippen LogP contribution >= 0.6 is 15.9 Å². The number of alkyl halides is 1. The summed E-state index contributed by atoms with van der Waals surface area (Å²) >= 11 is 3.40. The van der Waals surface area contributed by atoms with Gasteiger partial charge in [-0.3, -0.25) is 4.79 Å². The predicted molar refractivity (Wildman–Crippen MR) is 82.6 cm³/mol. The normalized spacial score (nSPS) is 16.6. The van der Waals surface area contributed by atoms with Crippen molar-refractivity contribution in [3.63, 3.8) is 0 Å². The van der Waals surface area contributed by atoms with E-state index >= 15 is 0 Å². The molecule has 1 aliphatic heterocycles. The average Bonchev–Trinajstić information content (AvgIpc) is 2.48. The van der Waals surface area contributed by atoms with Crippen LogP contribution in [0.4, 0.5) is 0 Å². The molecule has 2 nitrogen and oxygen atoms in total. The molecule has 1 aromatic rings. The molecule has 1 fully saturated rings. The van der Waals surface area contributed by atoms with Crippen LogP contribution in [0.1, 0.15) is 43.6 Å². The first kappa shape index (κ1) is 14.6. The van der Waals surface area contributed by atoms with Gasteiger partial charge in [0, 0.05) is 24.8 Å². The Bertz CT molecular complexity index is 385. The number of carbonyl (C=O) groups is 1. The van der Waals surface area contributed by atoms with E-state index < -0.39 is 0 Å². The van der Waals surface area contributed by atoms with Crippen molar-refractivity contribution >= 4 is 21.8 Å². The number of benzene rings is 1. The van der Waals surface area contributed by atoms with Gasteiger partial charge < -0.3 is 4.90 Å². The maximum absolute atomic E-state index is 12.0. The molecule has 0 spiro atoms. The maximum Gasteiger partial charge on any atom is 0.222 e. The number of amides is 1. The van der Waals surface area contributed by atoms with Crippen molar-refractivity contribution in [2.45, 2.75) is 38.0 Å². The van der Waals surface area contributed by atoms with Gasteiger partial charge in [-0.15, -0.1) is 0 Å². The summed E-state index contributed by atoms with van der Waals surface area (Å²) in [5.41, 5.74) is 1.42. The first-order valence-electron chi connectivity index (χ1n) is 7.20. The molecule has 2 rings (SSSR count). The Labute approximate surface area is 124 Å². The zero-order valence-electron chi connectivity index (χ0n) is 11.4. The summed E-state index contributed by atoms with van der Waals surface area (Å²) in [6.45, 7) is 1.85. The Morgan fingerprint density at radius 3 is 2.47 bits per heavy atom. The number of hydrogen-bond donors (Lipinski definition) is 0. The summed E-state index contributed by atoms with van der Waals surface area (Å²) in [6.07, 6.45) is 5.01. The summed E-state index contributed by atoms with van der Waals surface area (Å²) in [6, 6.07) is 10.7. The van der Waals surface area contributed by atoms with Crippen LogP contribution in [0.3, 0.4) is 0 Å². The maximum atomic E-state index is 12.0. The second-order valence-electron chi connectivity index (χ2n) is 5.21. The van der Waals surface area contributed by atoms with Crippen molar-refractivity contribution in [1.82, 2.24) is 4.90 Å². The van der Waals surface area contributed by atoms with E-state index in [-0.39, 0.29) is 0 Å². The number of unbranched alkanes of at least 4 members (excludes halogenated alkanes) is 1. The Morgan fingerprint density at radius 2 is 1.84 bits per heavy atom. The number of carbonyl (C=O) groups excluding carboxylic acids is 1. The fraction of sp³-hybridized carbons (Fsp3) is 0.562. The summed E-state index contributed by atoms with van der Waals surface area (Å²) in [5, 5.41) is 0.996. The lowest BCUT2D eigenvalue weighted by Gasteiger charge is -2.32.